The first-order valence-electron chi connectivity index (χ1n) is 10.8. The zero-order chi connectivity index (χ0) is 26.0. The van der Waals surface area contributed by atoms with Crippen molar-refractivity contribution in [1.29, 1.82) is 0 Å². The molecule has 1 heterocycles. The quantitative estimate of drug-likeness (QED) is 0.258. The van der Waals surface area contributed by atoms with E-state index in [4.69, 9.17) is 11.6 Å². The lowest BCUT2D eigenvalue weighted by molar-refractivity contribution is -0.138. The van der Waals surface area contributed by atoms with Crippen molar-refractivity contribution >= 4 is 17.3 Å². The second kappa shape index (κ2) is 9.85. The average molecular weight is 521 g/mol. The van der Waals surface area contributed by atoms with Gasteiger partial charge >= 0.3 is 12.4 Å². The highest BCUT2D eigenvalue weighted by atomic mass is 35.5. The van der Waals surface area contributed by atoms with Crippen LogP contribution in [0.2, 0.25) is 5.02 Å². The molecule has 0 saturated carbocycles. The Morgan fingerprint density at radius 3 is 2.03 bits per heavy atom. The first-order valence-corrected chi connectivity index (χ1v) is 11.1. The van der Waals surface area contributed by atoms with Crippen molar-refractivity contribution in [2.45, 2.75) is 24.3 Å². The summed E-state index contributed by atoms with van der Waals surface area (Å²) in [6.07, 6.45) is -7.98. The predicted molar refractivity (Wildman–Crippen MR) is 127 cm³/mol. The van der Waals surface area contributed by atoms with E-state index in [2.05, 4.69) is 10.3 Å². The lowest BCUT2D eigenvalue weighted by Gasteiger charge is -2.37. The smallest absolute Gasteiger partial charge is 0.370 e. The first kappa shape index (κ1) is 25.6. The molecule has 0 fully saturated rings. The van der Waals surface area contributed by atoms with Crippen LogP contribution in [0.1, 0.15) is 27.9 Å². The van der Waals surface area contributed by atoms with Gasteiger partial charge in [0.2, 0.25) is 0 Å². The van der Waals surface area contributed by atoms with E-state index in [9.17, 15) is 26.3 Å². The van der Waals surface area contributed by atoms with Gasteiger partial charge in [0.15, 0.2) is 0 Å². The van der Waals surface area contributed by atoms with Crippen molar-refractivity contribution in [3.05, 3.63) is 130 Å². The maximum atomic E-state index is 14.0. The number of anilines is 1. The normalized spacial score (nSPS) is 13.8. The van der Waals surface area contributed by atoms with Crippen LogP contribution in [0.5, 0.6) is 0 Å². The second-order valence-corrected chi connectivity index (χ2v) is 8.61. The molecule has 186 valence electrons. The molecule has 4 rings (SSSR count). The summed E-state index contributed by atoms with van der Waals surface area (Å²) in [5, 5.41) is 2.82. The summed E-state index contributed by atoms with van der Waals surface area (Å²) in [4.78, 5) is 4.37. The maximum Gasteiger partial charge on any atom is 0.418 e. The SMILES string of the molecule is FC(F)(F)c1cccc(C(Cc2ccccc2)(Nc2ccc(Cl)cc2C(F)(F)F)c2ccccn2)c1. The Kier molecular flexibility index (Phi) is 7.00. The topological polar surface area (TPSA) is 24.9 Å². The van der Waals surface area contributed by atoms with E-state index in [-0.39, 0.29) is 28.4 Å². The summed E-state index contributed by atoms with van der Waals surface area (Å²) in [5.74, 6) is 0. The number of halogens is 7. The Bertz CT molecular complexity index is 1320. The van der Waals surface area contributed by atoms with Crippen molar-refractivity contribution in [2.75, 3.05) is 5.32 Å². The highest BCUT2D eigenvalue weighted by Gasteiger charge is 2.41. The van der Waals surface area contributed by atoms with Crippen LogP contribution < -0.4 is 5.32 Å². The van der Waals surface area contributed by atoms with Gasteiger partial charge in [-0.1, -0.05) is 60.1 Å². The van der Waals surface area contributed by atoms with E-state index in [0.717, 1.165) is 18.2 Å². The molecule has 2 nitrogen and oxygen atoms in total. The van der Waals surface area contributed by atoms with Crippen LogP contribution in [0.4, 0.5) is 32.0 Å². The Hall–Kier alpha value is -3.52. The van der Waals surface area contributed by atoms with E-state index in [1.54, 1.807) is 48.5 Å². The predicted octanol–water partition coefficient (Wildman–Crippen LogP) is 8.37. The lowest BCUT2D eigenvalue weighted by atomic mass is 9.79. The highest BCUT2D eigenvalue weighted by molar-refractivity contribution is 6.30. The van der Waals surface area contributed by atoms with Crippen molar-refractivity contribution in [1.82, 2.24) is 4.98 Å². The molecular formula is C27H19ClF6N2. The monoisotopic (exact) mass is 520 g/mol. The molecule has 0 spiro atoms. The van der Waals surface area contributed by atoms with Crippen LogP contribution in [0.25, 0.3) is 0 Å². The number of rotatable bonds is 6. The molecule has 1 unspecified atom stereocenters. The first-order chi connectivity index (χ1) is 17.0. The fourth-order valence-electron chi connectivity index (χ4n) is 4.09. The minimum absolute atomic E-state index is 0.00604. The van der Waals surface area contributed by atoms with Gasteiger partial charge < -0.3 is 5.32 Å². The van der Waals surface area contributed by atoms with Gasteiger partial charge in [0, 0.05) is 23.3 Å². The van der Waals surface area contributed by atoms with E-state index >= 15 is 0 Å². The van der Waals surface area contributed by atoms with Crippen LogP contribution >= 0.6 is 11.6 Å². The minimum Gasteiger partial charge on any atom is -0.370 e. The fraction of sp³-hybridized carbons (Fsp3) is 0.148. The van der Waals surface area contributed by atoms with Gasteiger partial charge in [-0.3, -0.25) is 4.98 Å². The van der Waals surface area contributed by atoms with Crippen LogP contribution in [0.3, 0.4) is 0 Å². The summed E-state index contributed by atoms with van der Waals surface area (Å²) < 4.78 is 83.0. The molecular weight excluding hydrogens is 502 g/mol. The van der Waals surface area contributed by atoms with Crippen molar-refractivity contribution in [3.63, 3.8) is 0 Å². The number of hydrogen-bond acceptors (Lipinski definition) is 2. The molecule has 9 heteroatoms. The average Bonchev–Trinajstić information content (AvgIpc) is 2.85. The largest absolute Gasteiger partial charge is 0.418 e. The number of pyridine rings is 1. The van der Waals surface area contributed by atoms with E-state index < -0.39 is 29.0 Å². The van der Waals surface area contributed by atoms with Gasteiger partial charge in [0.25, 0.3) is 0 Å². The Morgan fingerprint density at radius 2 is 1.39 bits per heavy atom. The molecule has 0 bridgehead atoms. The number of alkyl halides is 6. The van der Waals surface area contributed by atoms with Crippen molar-refractivity contribution < 1.29 is 26.3 Å². The highest BCUT2D eigenvalue weighted by Crippen LogP contribution is 2.43. The molecule has 4 aromatic rings. The molecule has 0 saturated heterocycles. The molecule has 0 aliphatic heterocycles. The molecule has 0 aliphatic carbocycles. The van der Waals surface area contributed by atoms with E-state index in [0.29, 0.717) is 5.56 Å². The van der Waals surface area contributed by atoms with Gasteiger partial charge in [0.1, 0.15) is 5.54 Å². The zero-order valence-electron chi connectivity index (χ0n) is 18.5. The molecule has 1 N–H and O–H groups in total. The van der Waals surface area contributed by atoms with E-state index in [1.807, 2.05) is 0 Å². The Labute approximate surface area is 208 Å². The summed E-state index contributed by atoms with van der Waals surface area (Å²) in [6.45, 7) is 0. The van der Waals surface area contributed by atoms with Gasteiger partial charge in [-0.15, -0.1) is 0 Å². The van der Waals surface area contributed by atoms with Gasteiger partial charge in [-0.2, -0.15) is 26.3 Å². The number of nitrogens with one attached hydrogen (secondary N) is 1. The summed E-state index contributed by atoms with van der Waals surface area (Å²) in [6, 6.07) is 21.3. The Morgan fingerprint density at radius 1 is 0.694 bits per heavy atom. The molecule has 36 heavy (non-hydrogen) atoms. The molecule has 1 atom stereocenters. The third-order valence-corrected chi connectivity index (χ3v) is 5.97. The fourth-order valence-corrected chi connectivity index (χ4v) is 4.26. The van der Waals surface area contributed by atoms with E-state index in [1.165, 1.54) is 30.5 Å². The lowest BCUT2D eigenvalue weighted by Crippen LogP contribution is -2.40. The number of benzene rings is 3. The van der Waals surface area contributed by atoms with Gasteiger partial charge in [-0.05, 0) is 53.6 Å². The minimum atomic E-state index is -4.77. The number of nitrogens with zero attached hydrogens (tertiary/aromatic N) is 1. The van der Waals surface area contributed by atoms with Crippen molar-refractivity contribution in [2.24, 2.45) is 0 Å². The van der Waals surface area contributed by atoms with Gasteiger partial charge in [-0.25, -0.2) is 0 Å². The molecule has 0 amide bonds. The zero-order valence-corrected chi connectivity index (χ0v) is 19.3. The van der Waals surface area contributed by atoms with Crippen LogP contribution in [-0.2, 0) is 24.3 Å². The standard InChI is InChI=1S/C27H19ClF6N2/c28-21-12-13-23(22(16-21)27(32,33)34)36-25(24-11-4-5-14-35-24,17-18-7-2-1-3-8-18)19-9-6-10-20(15-19)26(29,30)31/h1-16,36H,17H2. The third-order valence-electron chi connectivity index (χ3n) is 5.73. The molecule has 3 aromatic carbocycles. The van der Waals surface area contributed by atoms with Crippen LogP contribution in [-0.4, -0.2) is 4.98 Å². The number of aromatic nitrogens is 1. The summed E-state index contributed by atoms with van der Waals surface area (Å²) in [7, 11) is 0. The summed E-state index contributed by atoms with van der Waals surface area (Å²) >= 11 is 5.86. The molecule has 0 radical (unpaired) electrons. The van der Waals surface area contributed by atoms with Crippen LogP contribution in [0, 0.1) is 0 Å². The number of hydrogen-bond donors (Lipinski definition) is 1. The van der Waals surface area contributed by atoms with Crippen molar-refractivity contribution in [3.8, 4) is 0 Å². The third kappa shape index (κ3) is 5.49. The second-order valence-electron chi connectivity index (χ2n) is 8.17. The van der Waals surface area contributed by atoms with Crippen LogP contribution in [0.15, 0.2) is 97.2 Å². The molecule has 1 aromatic heterocycles. The summed E-state index contributed by atoms with van der Waals surface area (Å²) in [5.41, 5.74) is -2.89. The molecule has 0 aliphatic rings. The van der Waals surface area contributed by atoms with Gasteiger partial charge in [0.05, 0.1) is 16.8 Å². The maximum absolute atomic E-state index is 14.0. The Balaban J connectivity index is 2.01.